The summed E-state index contributed by atoms with van der Waals surface area (Å²) in [5.74, 6) is 1.30. The van der Waals surface area contributed by atoms with Crippen LogP contribution in [0, 0.1) is 0 Å². The second-order valence-electron chi connectivity index (χ2n) is 6.08. The first-order valence-electron chi connectivity index (χ1n) is 8.89. The lowest BCUT2D eigenvalue weighted by atomic mass is 10.2. The van der Waals surface area contributed by atoms with Crippen molar-refractivity contribution < 1.29 is 9.32 Å². The van der Waals surface area contributed by atoms with Crippen LogP contribution < -0.4 is 5.32 Å². The number of nitrogens with zero attached hydrogens (tertiary/aromatic N) is 5. The Morgan fingerprint density at radius 1 is 1.14 bits per heavy atom. The zero-order valence-electron chi connectivity index (χ0n) is 15.2. The summed E-state index contributed by atoms with van der Waals surface area (Å²) < 4.78 is 7.00. The highest BCUT2D eigenvalue weighted by Crippen LogP contribution is 2.23. The van der Waals surface area contributed by atoms with E-state index in [0.717, 1.165) is 5.56 Å². The van der Waals surface area contributed by atoms with Gasteiger partial charge in [-0.3, -0.25) is 9.36 Å². The first-order chi connectivity index (χ1) is 13.7. The average Bonchev–Trinajstić information content (AvgIpc) is 3.42. The number of carbonyl (C=O) groups excluding carboxylic acids is 1. The second kappa shape index (κ2) is 7.83. The highest BCUT2D eigenvalue weighted by Gasteiger charge is 2.16. The number of hydrogen-bond acceptors (Lipinski definition) is 6. The Labute approximate surface area is 161 Å². The van der Waals surface area contributed by atoms with Crippen molar-refractivity contribution in [2.24, 2.45) is 0 Å². The van der Waals surface area contributed by atoms with Crippen LogP contribution in [0.15, 0.2) is 65.7 Å². The highest BCUT2D eigenvalue weighted by molar-refractivity contribution is 5.92. The van der Waals surface area contributed by atoms with Crippen LogP contribution in [0.1, 0.15) is 28.8 Å². The molecule has 0 atom stereocenters. The number of imidazole rings is 1. The standard InChI is InChI=1S/C20H18N6O2/c1-2-17-24-20(28-25-17)15-9-6-10-21-18(15)26-12-16(23-13-26)19(27)22-11-14-7-4-3-5-8-14/h3-10,12-13H,2,11H2,1H3,(H,22,27). The summed E-state index contributed by atoms with van der Waals surface area (Å²) in [4.78, 5) is 25.4. The molecule has 0 aliphatic carbocycles. The van der Waals surface area contributed by atoms with Crippen LogP contribution in [-0.4, -0.2) is 30.6 Å². The van der Waals surface area contributed by atoms with Gasteiger partial charge in [-0.1, -0.05) is 42.4 Å². The summed E-state index contributed by atoms with van der Waals surface area (Å²) in [5, 5.41) is 6.79. The van der Waals surface area contributed by atoms with E-state index in [-0.39, 0.29) is 5.91 Å². The number of nitrogens with one attached hydrogen (secondary N) is 1. The van der Waals surface area contributed by atoms with Crippen LogP contribution in [0.25, 0.3) is 17.3 Å². The first-order valence-corrected chi connectivity index (χ1v) is 8.89. The largest absolute Gasteiger partial charge is 0.347 e. The minimum absolute atomic E-state index is 0.258. The molecule has 0 radical (unpaired) electrons. The minimum Gasteiger partial charge on any atom is -0.347 e. The van der Waals surface area contributed by atoms with Crippen molar-refractivity contribution >= 4 is 5.91 Å². The Morgan fingerprint density at radius 3 is 2.79 bits per heavy atom. The van der Waals surface area contributed by atoms with Crippen molar-refractivity contribution in [1.29, 1.82) is 0 Å². The molecule has 140 valence electrons. The monoisotopic (exact) mass is 374 g/mol. The summed E-state index contributed by atoms with van der Waals surface area (Å²) in [7, 11) is 0. The van der Waals surface area contributed by atoms with Gasteiger partial charge in [-0.15, -0.1) is 0 Å². The van der Waals surface area contributed by atoms with E-state index in [0.29, 0.717) is 41.8 Å². The van der Waals surface area contributed by atoms with Gasteiger partial charge in [0.2, 0.25) is 0 Å². The molecule has 8 nitrogen and oxygen atoms in total. The van der Waals surface area contributed by atoms with Crippen LogP contribution in [0.2, 0.25) is 0 Å². The number of aromatic nitrogens is 5. The lowest BCUT2D eigenvalue weighted by molar-refractivity contribution is 0.0946. The Kier molecular flexibility index (Phi) is 4.92. The Morgan fingerprint density at radius 2 is 2.00 bits per heavy atom. The molecule has 0 bridgehead atoms. The summed E-state index contributed by atoms with van der Waals surface area (Å²) in [6.45, 7) is 2.39. The third kappa shape index (κ3) is 3.66. The molecular formula is C20H18N6O2. The van der Waals surface area contributed by atoms with E-state index in [1.54, 1.807) is 29.4 Å². The summed E-state index contributed by atoms with van der Waals surface area (Å²) in [6.07, 6.45) is 5.50. The third-order valence-electron chi connectivity index (χ3n) is 4.16. The molecule has 0 spiro atoms. The molecule has 1 N–H and O–H groups in total. The van der Waals surface area contributed by atoms with Gasteiger partial charge in [-0.2, -0.15) is 4.98 Å². The van der Waals surface area contributed by atoms with E-state index in [4.69, 9.17) is 4.52 Å². The molecule has 0 aliphatic heterocycles. The number of pyridine rings is 1. The van der Waals surface area contributed by atoms with Crippen molar-refractivity contribution in [1.82, 2.24) is 30.0 Å². The molecule has 1 aromatic carbocycles. The maximum Gasteiger partial charge on any atom is 0.271 e. The lowest BCUT2D eigenvalue weighted by Crippen LogP contribution is -2.23. The van der Waals surface area contributed by atoms with E-state index in [9.17, 15) is 4.79 Å². The van der Waals surface area contributed by atoms with Crippen LogP contribution in [0.5, 0.6) is 0 Å². The normalized spacial score (nSPS) is 10.8. The van der Waals surface area contributed by atoms with E-state index in [1.165, 1.54) is 0 Å². The van der Waals surface area contributed by atoms with Gasteiger partial charge in [0.25, 0.3) is 11.8 Å². The second-order valence-corrected chi connectivity index (χ2v) is 6.08. The fraction of sp³-hybridized carbons (Fsp3) is 0.150. The van der Waals surface area contributed by atoms with E-state index >= 15 is 0 Å². The molecule has 4 rings (SSSR count). The topological polar surface area (TPSA) is 98.7 Å². The van der Waals surface area contributed by atoms with Crippen molar-refractivity contribution in [2.45, 2.75) is 19.9 Å². The van der Waals surface area contributed by atoms with E-state index in [1.807, 2.05) is 43.3 Å². The Balaban J connectivity index is 1.55. The lowest BCUT2D eigenvalue weighted by Gasteiger charge is -2.05. The van der Waals surface area contributed by atoms with Gasteiger partial charge in [0.15, 0.2) is 11.6 Å². The van der Waals surface area contributed by atoms with Gasteiger partial charge < -0.3 is 9.84 Å². The summed E-state index contributed by atoms with van der Waals surface area (Å²) >= 11 is 0. The number of amides is 1. The van der Waals surface area contributed by atoms with Crippen molar-refractivity contribution in [3.05, 3.63) is 78.3 Å². The van der Waals surface area contributed by atoms with E-state index < -0.39 is 0 Å². The van der Waals surface area contributed by atoms with Gasteiger partial charge >= 0.3 is 0 Å². The molecule has 0 saturated carbocycles. The van der Waals surface area contributed by atoms with Gasteiger partial charge in [0.1, 0.15) is 12.0 Å². The predicted molar refractivity (Wildman–Crippen MR) is 102 cm³/mol. The highest BCUT2D eigenvalue weighted by atomic mass is 16.5. The van der Waals surface area contributed by atoms with Crippen LogP contribution >= 0.6 is 0 Å². The van der Waals surface area contributed by atoms with Crippen LogP contribution in [0.4, 0.5) is 0 Å². The van der Waals surface area contributed by atoms with Crippen LogP contribution in [-0.2, 0) is 13.0 Å². The quantitative estimate of drug-likeness (QED) is 0.557. The number of benzene rings is 1. The molecular weight excluding hydrogens is 356 g/mol. The number of rotatable bonds is 6. The molecule has 4 aromatic rings. The molecule has 28 heavy (non-hydrogen) atoms. The van der Waals surface area contributed by atoms with Crippen molar-refractivity contribution in [3.63, 3.8) is 0 Å². The molecule has 0 unspecified atom stereocenters. The number of aryl methyl sites for hydroxylation is 1. The number of carbonyl (C=O) groups is 1. The Hall–Kier alpha value is -3.81. The average molecular weight is 374 g/mol. The fourth-order valence-electron chi connectivity index (χ4n) is 2.70. The summed E-state index contributed by atoms with van der Waals surface area (Å²) in [5.41, 5.74) is 1.99. The van der Waals surface area contributed by atoms with Gasteiger partial charge in [-0.25, -0.2) is 9.97 Å². The van der Waals surface area contributed by atoms with E-state index in [2.05, 4.69) is 25.4 Å². The smallest absolute Gasteiger partial charge is 0.271 e. The maximum absolute atomic E-state index is 12.4. The fourth-order valence-corrected chi connectivity index (χ4v) is 2.70. The third-order valence-corrected chi connectivity index (χ3v) is 4.16. The van der Waals surface area contributed by atoms with Crippen LogP contribution in [0.3, 0.4) is 0 Å². The summed E-state index contributed by atoms with van der Waals surface area (Å²) in [6, 6.07) is 13.3. The molecule has 1 amide bonds. The van der Waals surface area contributed by atoms with Gasteiger partial charge in [0.05, 0.1) is 5.56 Å². The van der Waals surface area contributed by atoms with Crippen molar-refractivity contribution in [3.8, 4) is 17.3 Å². The SMILES string of the molecule is CCc1noc(-c2cccnc2-n2cnc(C(=O)NCc3ccccc3)c2)n1. The minimum atomic E-state index is -0.258. The molecule has 3 heterocycles. The zero-order chi connectivity index (χ0) is 19.3. The maximum atomic E-state index is 12.4. The molecule has 0 fully saturated rings. The van der Waals surface area contributed by atoms with Gasteiger partial charge in [0, 0.05) is 25.4 Å². The first kappa shape index (κ1) is 17.6. The molecule has 0 aliphatic rings. The Bertz CT molecular complexity index is 1090. The van der Waals surface area contributed by atoms with Crippen molar-refractivity contribution in [2.75, 3.05) is 0 Å². The molecule has 8 heteroatoms. The molecule has 3 aromatic heterocycles. The number of hydrogen-bond donors (Lipinski definition) is 1. The molecule has 0 saturated heterocycles. The zero-order valence-corrected chi connectivity index (χ0v) is 15.2. The van der Waals surface area contributed by atoms with Gasteiger partial charge in [-0.05, 0) is 17.7 Å². The predicted octanol–water partition coefficient (Wildman–Crippen LogP) is 2.81.